The van der Waals surface area contributed by atoms with Crippen LogP contribution in [0.2, 0.25) is 0 Å². The van der Waals surface area contributed by atoms with Gasteiger partial charge in [0.15, 0.2) is 5.84 Å². The van der Waals surface area contributed by atoms with Crippen molar-refractivity contribution in [3.8, 4) is 6.07 Å². The van der Waals surface area contributed by atoms with E-state index in [-0.39, 0.29) is 17.2 Å². The SMILES string of the molecule is C[C@@]1(O)[C@H](O)[C@@H](CO)O[C@@]1(C#N)c1ccc(C(N)=NC(=N)N)[nH]1. The molecule has 0 bridgehead atoms. The van der Waals surface area contributed by atoms with Crippen molar-refractivity contribution in [3.63, 3.8) is 0 Å². The van der Waals surface area contributed by atoms with Gasteiger partial charge < -0.3 is 36.5 Å². The van der Waals surface area contributed by atoms with Crippen LogP contribution in [0.25, 0.3) is 0 Å². The van der Waals surface area contributed by atoms with Crippen LogP contribution in [-0.2, 0) is 10.3 Å². The maximum atomic E-state index is 10.6. The number of guanidine groups is 1. The van der Waals surface area contributed by atoms with Gasteiger partial charge in [-0.1, -0.05) is 0 Å². The molecule has 1 fully saturated rings. The first-order valence-corrected chi connectivity index (χ1v) is 6.68. The number of nitrogens with one attached hydrogen (secondary N) is 2. The molecule has 4 atom stereocenters. The van der Waals surface area contributed by atoms with Gasteiger partial charge >= 0.3 is 0 Å². The molecule has 0 spiro atoms. The van der Waals surface area contributed by atoms with E-state index in [9.17, 15) is 20.6 Å². The Bertz CT molecular complexity index is 691. The number of aliphatic hydroxyl groups is 3. The Labute approximate surface area is 131 Å². The molecule has 1 aliphatic rings. The lowest BCUT2D eigenvalue weighted by molar-refractivity contribution is -0.108. The third kappa shape index (κ3) is 2.45. The highest BCUT2D eigenvalue weighted by Gasteiger charge is 2.64. The zero-order valence-electron chi connectivity index (χ0n) is 12.3. The Balaban J connectivity index is 2.49. The molecule has 1 aromatic rings. The van der Waals surface area contributed by atoms with Gasteiger partial charge in [-0.05, 0) is 19.1 Å². The Morgan fingerprint density at radius 3 is 2.70 bits per heavy atom. The van der Waals surface area contributed by atoms with Crippen LogP contribution in [0.1, 0.15) is 18.3 Å². The Hall–Kier alpha value is -2.45. The number of aliphatic hydroxyl groups excluding tert-OH is 2. The number of ether oxygens (including phenoxy) is 1. The molecular formula is C13H18N6O4. The van der Waals surface area contributed by atoms with Crippen LogP contribution in [0.3, 0.4) is 0 Å². The fraction of sp³-hybridized carbons (Fsp3) is 0.462. The Morgan fingerprint density at radius 2 is 2.22 bits per heavy atom. The van der Waals surface area contributed by atoms with Crippen molar-refractivity contribution in [2.45, 2.75) is 30.3 Å². The highest BCUT2D eigenvalue weighted by Crippen LogP contribution is 2.46. The molecule has 10 heteroatoms. The second kappa shape index (κ2) is 5.64. The summed E-state index contributed by atoms with van der Waals surface area (Å²) in [5, 5.41) is 46.6. The molecule has 9 N–H and O–H groups in total. The summed E-state index contributed by atoms with van der Waals surface area (Å²) in [4.78, 5) is 6.33. The fourth-order valence-electron chi connectivity index (χ4n) is 2.59. The van der Waals surface area contributed by atoms with Crippen LogP contribution in [0, 0.1) is 16.7 Å². The summed E-state index contributed by atoms with van der Waals surface area (Å²) in [6.07, 6.45) is -2.60. The van der Waals surface area contributed by atoms with Crippen molar-refractivity contribution in [2.75, 3.05) is 6.61 Å². The van der Waals surface area contributed by atoms with Gasteiger partial charge in [0.05, 0.1) is 18.0 Å². The number of aromatic nitrogens is 1. The summed E-state index contributed by atoms with van der Waals surface area (Å²) in [7, 11) is 0. The number of hydrogen-bond donors (Lipinski definition) is 7. The molecule has 124 valence electrons. The van der Waals surface area contributed by atoms with Gasteiger partial charge in [-0.2, -0.15) is 10.3 Å². The molecule has 23 heavy (non-hydrogen) atoms. The van der Waals surface area contributed by atoms with E-state index in [1.807, 2.05) is 6.07 Å². The minimum Gasteiger partial charge on any atom is -0.394 e. The van der Waals surface area contributed by atoms with Crippen molar-refractivity contribution < 1.29 is 20.1 Å². The molecule has 1 aromatic heterocycles. The summed E-state index contributed by atoms with van der Waals surface area (Å²) in [5.41, 5.74) is 7.26. The van der Waals surface area contributed by atoms with Crippen LogP contribution in [0.5, 0.6) is 0 Å². The maximum absolute atomic E-state index is 10.6. The minimum atomic E-state index is -1.98. The number of H-pyrrole nitrogens is 1. The van der Waals surface area contributed by atoms with Gasteiger partial charge in [0, 0.05) is 0 Å². The van der Waals surface area contributed by atoms with Crippen molar-refractivity contribution in [1.82, 2.24) is 4.98 Å². The zero-order valence-corrected chi connectivity index (χ0v) is 12.3. The van der Waals surface area contributed by atoms with Gasteiger partial charge in [-0.15, -0.1) is 0 Å². The number of rotatable bonds is 3. The number of nitriles is 1. The van der Waals surface area contributed by atoms with Gasteiger partial charge in [0.2, 0.25) is 11.6 Å². The van der Waals surface area contributed by atoms with Crippen LogP contribution in [0.4, 0.5) is 0 Å². The second-order valence-electron chi connectivity index (χ2n) is 5.39. The molecule has 1 aliphatic heterocycles. The second-order valence-corrected chi connectivity index (χ2v) is 5.39. The monoisotopic (exact) mass is 322 g/mol. The number of amidine groups is 1. The van der Waals surface area contributed by atoms with E-state index in [4.69, 9.17) is 21.6 Å². The fourth-order valence-corrected chi connectivity index (χ4v) is 2.59. The number of nitrogens with two attached hydrogens (primary N) is 2. The highest BCUT2D eigenvalue weighted by atomic mass is 16.6. The topological polar surface area (TPSA) is 198 Å². The summed E-state index contributed by atoms with van der Waals surface area (Å²) in [6.45, 7) is 0.673. The lowest BCUT2D eigenvalue weighted by Crippen LogP contribution is -2.51. The molecule has 10 nitrogen and oxygen atoms in total. The number of nitrogens with zero attached hydrogens (tertiary/aromatic N) is 2. The molecule has 1 saturated heterocycles. The molecule has 2 rings (SSSR count). The maximum Gasteiger partial charge on any atom is 0.225 e. The molecular weight excluding hydrogens is 304 g/mol. The van der Waals surface area contributed by atoms with Gasteiger partial charge in [0.25, 0.3) is 0 Å². The molecule has 0 radical (unpaired) electrons. The zero-order chi connectivity index (χ0) is 17.4. The molecule has 0 saturated carbocycles. The van der Waals surface area contributed by atoms with E-state index in [1.165, 1.54) is 19.1 Å². The van der Waals surface area contributed by atoms with Crippen molar-refractivity contribution in [3.05, 3.63) is 23.5 Å². The van der Waals surface area contributed by atoms with E-state index in [1.54, 1.807) is 0 Å². The first-order chi connectivity index (χ1) is 10.7. The van der Waals surface area contributed by atoms with E-state index in [0.29, 0.717) is 0 Å². The smallest absolute Gasteiger partial charge is 0.225 e. The quantitative estimate of drug-likeness (QED) is 0.242. The summed E-state index contributed by atoms with van der Waals surface area (Å²) >= 11 is 0. The largest absolute Gasteiger partial charge is 0.394 e. The van der Waals surface area contributed by atoms with Crippen molar-refractivity contribution >= 4 is 11.8 Å². The van der Waals surface area contributed by atoms with Crippen molar-refractivity contribution in [2.24, 2.45) is 16.5 Å². The van der Waals surface area contributed by atoms with Gasteiger partial charge in [0.1, 0.15) is 23.9 Å². The molecule has 0 unspecified atom stereocenters. The van der Waals surface area contributed by atoms with Crippen LogP contribution in [0.15, 0.2) is 17.1 Å². The van der Waals surface area contributed by atoms with Crippen LogP contribution >= 0.6 is 0 Å². The Morgan fingerprint density at radius 1 is 1.57 bits per heavy atom. The van der Waals surface area contributed by atoms with Crippen LogP contribution < -0.4 is 11.5 Å². The van der Waals surface area contributed by atoms with E-state index in [0.717, 1.165) is 0 Å². The summed E-state index contributed by atoms with van der Waals surface area (Å²) in [6, 6.07) is 4.75. The standard InChI is InChI=1S/C13H18N6O4/c1-12(22)9(21)7(4-20)23-13(12,5-14)8-3-2-6(18-8)10(15)19-11(16)17/h2-3,7,9,18,20-22H,4H2,1H3,(H5,15,16,17,19)/t7-,9-,12-,13+/m1/s1. The summed E-state index contributed by atoms with van der Waals surface area (Å²) < 4.78 is 5.45. The number of aliphatic imine (C=N–C) groups is 1. The predicted molar refractivity (Wildman–Crippen MR) is 79.3 cm³/mol. The van der Waals surface area contributed by atoms with Gasteiger partial charge in [-0.25, -0.2) is 0 Å². The van der Waals surface area contributed by atoms with E-state index >= 15 is 0 Å². The average molecular weight is 322 g/mol. The van der Waals surface area contributed by atoms with Gasteiger partial charge in [-0.3, -0.25) is 5.41 Å². The first-order valence-electron chi connectivity index (χ1n) is 6.68. The first kappa shape index (κ1) is 16.9. The molecule has 0 aromatic carbocycles. The minimum absolute atomic E-state index is 0.0891. The predicted octanol–water partition coefficient (Wildman–Crippen LogP) is -2.16. The normalized spacial score (nSPS) is 34.3. The lowest BCUT2D eigenvalue weighted by Gasteiger charge is -2.32. The average Bonchev–Trinajstić information content (AvgIpc) is 3.03. The van der Waals surface area contributed by atoms with E-state index < -0.39 is 36.0 Å². The molecule has 0 amide bonds. The van der Waals surface area contributed by atoms with E-state index in [2.05, 4.69) is 9.98 Å². The number of hydrogen-bond acceptors (Lipinski definition) is 6. The Kier molecular flexibility index (Phi) is 4.14. The molecule has 2 heterocycles. The third-order valence-electron chi connectivity index (χ3n) is 3.89. The highest BCUT2D eigenvalue weighted by molar-refractivity contribution is 6.02. The number of aromatic amines is 1. The lowest BCUT2D eigenvalue weighted by atomic mass is 9.80. The van der Waals surface area contributed by atoms with Crippen molar-refractivity contribution in [1.29, 1.82) is 10.7 Å². The third-order valence-corrected chi connectivity index (χ3v) is 3.89. The molecule has 0 aliphatic carbocycles. The van der Waals surface area contributed by atoms with Crippen LogP contribution in [-0.4, -0.2) is 56.5 Å². The summed E-state index contributed by atoms with van der Waals surface area (Å²) in [5.74, 6) is -0.581.